The molecule has 2 N–H and O–H groups in total. The number of carbonyl (C=O) groups is 2. The lowest BCUT2D eigenvalue weighted by Gasteiger charge is -2.23. The molecule has 0 aliphatic carbocycles. The van der Waals surface area contributed by atoms with Crippen LogP contribution in [0.4, 0.5) is 5.69 Å². The third-order valence-electron chi connectivity index (χ3n) is 5.32. The first-order valence-electron chi connectivity index (χ1n) is 9.83. The second kappa shape index (κ2) is 8.47. The van der Waals surface area contributed by atoms with Crippen molar-refractivity contribution >= 4 is 23.1 Å². The number of anilines is 1. The van der Waals surface area contributed by atoms with Crippen LogP contribution in [0.3, 0.4) is 0 Å². The maximum atomic E-state index is 13.5. The van der Waals surface area contributed by atoms with Gasteiger partial charge in [-0.1, -0.05) is 30.3 Å². The van der Waals surface area contributed by atoms with Gasteiger partial charge in [0.05, 0.1) is 14.2 Å². The zero-order valence-corrected chi connectivity index (χ0v) is 17.5. The summed E-state index contributed by atoms with van der Waals surface area (Å²) in [6.45, 7) is 0. The lowest BCUT2D eigenvalue weighted by Crippen LogP contribution is -2.28. The van der Waals surface area contributed by atoms with Gasteiger partial charge in [-0.25, -0.2) is 0 Å². The molecule has 3 aromatic rings. The average molecular weight is 431 g/mol. The second-order valence-electron chi connectivity index (χ2n) is 7.16. The fourth-order valence-electron chi connectivity index (χ4n) is 3.75. The molecule has 1 amide bonds. The highest BCUT2D eigenvalue weighted by Gasteiger charge is 2.47. The molecule has 0 radical (unpaired) electrons. The van der Waals surface area contributed by atoms with Crippen molar-refractivity contribution in [2.24, 2.45) is 0 Å². The largest absolute Gasteiger partial charge is 0.508 e. The van der Waals surface area contributed by atoms with Crippen LogP contribution in [0, 0.1) is 0 Å². The average Bonchev–Trinajstić information content (AvgIpc) is 3.09. The molecule has 1 atom stereocenters. The van der Waals surface area contributed by atoms with Crippen molar-refractivity contribution in [1.29, 1.82) is 0 Å². The highest BCUT2D eigenvalue weighted by atomic mass is 16.5. The zero-order chi connectivity index (χ0) is 22.8. The topological polar surface area (TPSA) is 96.3 Å². The zero-order valence-electron chi connectivity index (χ0n) is 17.5. The molecule has 1 aliphatic rings. The van der Waals surface area contributed by atoms with Gasteiger partial charge in [-0.2, -0.15) is 0 Å². The van der Waals surface area contributed by atoms with E-state index in [2.05, 4.69) is 0 Å². The van der Waals surface area contributed by atoms with Gasteiger partial charge in [0.25, 0.3) is 5.91 Å². The number of aliphatic hydroxyl groups excluding tert-OH is 1. The number of phenolic OH excluding ortho intramolecular Hbond substituents is 1. The number of amides is 1. The number of carbonyl (C=O) groups excluding carboxylic acids is 2. The summed E-state index contributed by atoms with van der Waals surface area (Å²) in [6, 6.07) is 18.5. The first-order valence-corrected chi connectivity index (χ1v) is 9.83. The Kier molecular flexibility index (Phi) is 5.55. The standard InChI is InChI=1S/C25H21NO6/c1-31-19-13-10-16(14-20(19)32-2)23(28)21-24(29)22(15-8-11-18(27)12-9-15)26(25(21)30)17-6-4-3-5-7-17/h3-14,22,27-28H,1-2H3/b23-21+. The van der Waals surface area contributed by atoms with Crippen LogP contribution in [0.15, 0.2) is 78.4 Å². The van der Waals surface area contributed by atoms with E-state index in [1.165, 1.54) is 37.3 Å². The molecule has 7 nitrogen and oxygen atoms in total. The SMILES string of the molecule is COc1ccc(/C(O)=C2/C(=O)C(c3ccc(O)cc3)N(c3ccccc3)C2=O)cc1OC. The summed E-state index contributed by atoms with van der Waals surface area (Å²) in [7, 11) is 2.94. The molecule has 32 heavy (non-hydrogen) atoms. The maximum absolute atomic E-state index is 13.5. The van der Waals surface area contributed by atoms with E-state index in [0.717, 1.165) is 0 Å². The monoisotopic (exact) mass is 431 g/mol. The predicted octanol–water partition coefficient (Wildman–Crippen LogP) is 4.04. The lowest BCUT2D eigenvalue weighted by molar-refractivity contribution is -0.116. The smallest absolute Gasteiger partial charge is 0.266 e. The van der Waals surface area contributed by atoms with Crippen LogP contribution in [0.1, 0.15) is 17.2 Å². The number of Topliss-reactive ketones (excluding diaryl/α,β-unsaturated/α-hetero) is 1. The van der Waals surface area contributed by atoms with Crippen LogP contribution in [-0.4, -0.2) is 36.1 Å². The molecular weight excluding hydrogens is 410 g/mol. The van der Waals surface area contributed by atoms with E-state index in [0.29, 0.717) is 22.7 Å². The van der Waals surface area contributed by atoms with E-state index >= 15 is 0 Å². The number of ether oxygens (including phenoxy) is 2. The number of hydrogen-bond donors (Lipinski definition) is 2. The minimum absolute atomic E-state index is 0.0423. The first-order chi connectivity index (χ1) is 15.5. The Morgan fingerprint density at radius 2 is 1.53 bits per heavy atom. The van der Waals surface area contributed by atoms with Gasteiger partial charge in [0, 0.05) is 11.3 Å². The Morgan fingerprint density at radius 3 is 2.16 bits per heavy atom. The molecule has 7 heteroatoms. The van der Waals surface area contributed by atoms with Crippen molar-refractivity contribution in [2.45, 2.75) is 6.04 Å². The van der Waals surface area contributed by atoms with Crippen LogP contribution >= 0.6 is 0 Å². The summed E-state index contributed by atoms with van der Waals surface area (Å²) in [4.78, 5) is 28.3. The molecular formula is C25H21NO6. The number of aliphatic hydroxyl groups is 1. The van der Waals surface area contributed by atoms with Crippen molar-refractivity contribution < 1.29 is 29.3 Å². The number of benzene rings is 3. The highest BCUT2D eigenvalue weighted by Crippen LogP contribution is 2.40. The van der Waals surface area contributed by atoms with E-state index in [9.17, 15) is 19.8 Å². The first kappa shape index (κ1) is 21.0. The molecule has 1 unspecified atom stereocenters. The maximum Gasteiger partial charge on any atom is 0.266 e. The summed E-state index contributed by atoms with van der Waals surface area (Å²) >= 11 is 0. The third-order valence-corrected chi connectivity index (χ3v) is 5.32. The van der Waals surface area contributed by atoms with E-state index in [1.54, 1.807) is 54.6 Å². The molecule has 0 spiro atoms. The number of nitrogens with zero attached hydrogens (tertiary/aromatic N) is 1. The molecule has 1 fully saturated rings. The highest BCUT2D eigenvalue weighted by molar-refractivity contribution is 6.36. The molecule has 1 aliphatic heterocycles. The van der Waals surface area contributed by atoms with Gasteiger partial charge in [-0.05, 0) is 48.0 Å². The van der Waals surface area contributed by atoms with Gasteiger partial charge in [0.2, 0.25) is 0 Å². The van der Waals surface area contributed by atoms with Gasteiger partial charge in [-0.15, -0.1) is 0 Å². The molecule has 0 saturated carbocycles. The van der Waals surface area contributed by atoms with Crippen molar-refractivity contribution in [1.82, 2.24) is 0 Å². The molecule has 3 aromatic carbocycles. The summed E-state index contributed by atoms with van der Waals surface area (Å²) < 4.78 is 10.5. The van der Waals surface area contributed by atoms with E-state index in [1.807, 2.05) is 0 Å². The predicted molar refractivity (Wildman–Crippen MR) is 119 cm³/mol. The van der Waals surface area contributed by atoms with Gasteiger partial charge >= 0.3 is 0 Å². The Balaban J connectivity index is 1.87. The minimum atomic E-state index is -0.984. The number of para-hydroxylation sites is 1. The van der Waals surface area contributed by atoms with Gasteiger partial charge in [-0.3, -0.25) is 14.5 Å². The van der Waals surface area contributed by atoms with Crippen LogP contribution in [0.5, 0.6) is 17.2 Å². The number of hydrogen-bond acceptors (Lipinski definition) is 6. The normalized spacial score (nSPS) is 17.4. The lowest BCUT2D eigenvalue weighted by atomic mass is 9.98. The number of aromatic hydroxyl groups is 1. The minimum Gasteiger partial charge on any atom is -0.508 e. The number of methoxy groups -OCH3 is 2. The third kappa shape index (κ3) is 3.54. The van der Waals surface area contributed by atoms with Crippen molar-refractivity contribution in [3.8, 4) is 17.2 Å². The van der Waals surface area contributed by atoms with Gasteiger partial charge in [0.1, 0.15) is 23.1 Å². The molecule has 1 heterocycles. The van der Waals surface area contributed by atoms with Crippen LogP contribution < -0.4 is 14.4 Å². The second-order valence-corrected chi connectivity index (χ2v) is 7.16. The summed E-state index contributed by atoms with van der Waals surface area (Å²) in [6.07, 6.45) is 0. The molecule has 0 aromatic heterocycles. The van der Waals surface area contributed by atoms with E-state index in [4.69, 9.17) is 9.47 Å². The quantitative estimate of drug-likeness (QED) is 0.360. The Bertz CT molecular complexity index is 1200. The Morgan fingerprint density at radius 1 is 0.875 bits per heavy atom. The Labute approximate surface area is 184 Å². The van der Waals surface area contributed by atoms with Gasteiger partial charge in [0.15, 0.2) is 17.3 Å². The Hall–Kier alpha value is -4.26. The number of ketones is 1. The fraction of sp³-hybridized carbons (Fsp3) is 0.120. The molecule has 1 saturated heterocycles. The van der Waals surface area contributed by atoms with Gasteiger partial charge < -0.3 is 19.7 Å². The van der Waals surface area contributed by atoms with Crippen LogP contribution in [0.25, 0.3) is 5.76 Å². The molecule has 4 rings (SSSR count). The number of rotatable bonds is 5. The van der Waals surface area contributed by atoms with E-state index in [-0.39, 0.29) is 16.9 Å². The molecule has 0 bridgehead atoms. The summed E-state index contributed by atoms with van der Waals surface area (Å²) in [5.41, 5.74) is 0.956. The number of phenols is 1. The van der Waals surface area contributed by atoms with Crippen molar-refractivity contribution in [2.75, 3.05) is 19.1 Å². The van der Waals surface area contributed by atoms with Crippen LogP contribution in [0.2, 0.25) is 0 Å². The van der Waals surface area contributed by atoms with Crippen molar-refractivity contribution in [3.05, 3.63) is 89.5 Å². The summed E-state index contributed by atoms with van der Waals surface area (Å²) in [5.74, 6) is -0.761. The fourth-order valence-corrected chi connectivity index (χ4v) is 3.75. The summed E-state index contributed by atoms with van der Waals surface area (Å²) in [5, 5.41) is 20.6. The molecule has 162 valence electrons. The van der Waals surface area contributed by atoms with Crippen molar-refractivity contribution in [3.63, 3.8) is 0 Å². The van der Waals surface area contributed by atoms with Crippen LogP contribution in [-0.2, 0) is 9.59 Å². The van der Waals surface area contributed by atoms with E-state index < -0.39 is 23.5 Å².